The molecule has 0 saturated heterocycles. The predicted octanol–water partition coefficient (Wildman–Crippen LogP) is 2.11. The van der Waals surface area contributed by atoms with E-state index in [0.717, 1.165) is 19.3 Å². The Balaban J connectivity index is 1.85. The first-order chi connectivity index (χ1) is 9.66. The zero-order valence-corrected chi connectivity index (χ0v) is 11.3. The fourth-order valence-electron chi connectivity index (χ4n) is 2.58. The molecule has 0 spiro atoms. The van der Waals surface area contributed by atoms with Crippen LogP contribution in [0.1, 0.15) is 37.9 Å². The minimum Gasteiger partial charge on any atom is -0.481 e. The molecule has 6 heteroatoms. The van der Waals surface area contributed by atoms with Gasteiger partial charge in [0.15, 0.2) is 0 Å². The van der Waals surface area contributed by atoms with Gasteiger partial charge in [0.25, 0.3) is 0 Å². The number of carboxylic acid groups (broad SMARTS) is 1. The van der Waals surface area contributed by atoms with E-state index in [0.29, 0.717) is 25.1 Å². The number of furan rings is 1. The summed E-state index contributed by atoms with van der Waals surface area (Å²) in [4.78, 5) is 23.1. The van der Waals surface area contributed by atoms with Gasteiger partial charge in [0, 0.05) is 6.04 Å². The molecule has 2 unspecified atom stereocenters. The van der Waals surface area contributed by atoms with Crippen LogP contribution >= 0.6 is 0 Å². The normalized spacial score (nSPS) is 22.8. The fourth-order valence-corrected chi connectivity index (χ4v) is 2.58. The number of nitrogens with one attached hydrogen (secondary N) is 2. The van der Waals surface area contributed by atoms with Gasteiger partial charge in [-0.05, 0) is 25.0 Å². The van der Waals surface area contributed by atoms with Crippen LogP contribution in [0.4, 0.5) is 4.79 Å². The first-order valence-corrected chi connectivity index (χ1v) is 6.96. The van der Waals surface area contributed by atoms with Gasteiger partial charge in [-0.25, -0.2) is 4.79 Å². The number of aliphatic carboxylic acids is 1. The minimum absolute atomic E-state index is 0.295. The van der Waals surface area contributed by atoms with E-state index in [4.69, 9.17) is 4.42 Å². The Kier molecular flexibility index (Phi) is 5.03. The van der Waals surface area contributed by atoms with Gasteiger partial charge in [0.1, 0.15) is 5.76 Å². The molecule has 0 aromatic carbocycles. The molecule has 2 amide bonds. The Labute approximate surface area is 117 Å². The largest absolute Gasteiger partial charge is 0.481 e. The number of rotatable bonds is 4. The molecule has 0 bridgehead atoms. The molecule has 6 nitrogen and oxygen atoms in total. The lowest BCUT2D eigenvalue weighted by atomic mass is 9.95. The van der Waals surface area contributed by atoms with Gasteiger partial charge >= 0.3 is 12.0 Å². The van der Waals surface area contributed by atoms with Crippen molar-refractivity contribution in [3.05, 3.63) is 24.2 Å². The summed E-state index contributed by atoms with van der Waals surface area (Å²) in [5.41, 5.74) is 0. The number of amides is 2. The standard InChI is InChI=1S/C14H20N2O4/c17-13(18)11-6-2-1-3-7-12(11)16-14(19)15-9-10-5-4-8-20-10/h4-5,8,11-12H,1-3,6-7,9H2,(H,17,18)(H2,15,16,19). The van der Waals surface area contributed by atoms with Gasteiger partial charge in [-0.15, -0.1) is 0 Å². The van der Waals surface area contributed by atoms with Gasteiger partial charge in [-0.1, -0.05) is 19.3 Å². The van der Waals surface area contributed by atoms with Crippen molar-refractivity contribution in [2.45, 2.75) is 44.7 Å². The van der Waals surface area contributed by atoms with E-state index in [-0.39, 0.29) is 12.1 Å². The average Bonchev–Trinajstić information content (AvgIpc) is 2.82. The molecule has 20 heavy (non-hydrogen) atoms. The molecule has 1 heterocycles. The lowest BCUT2D eigenvalue weighted by Gasteiger charge is -2.22. The molecule has 3 N–H and O–H groups in total. The maximum atomic E-state index is 11.8. The van der Waals surface area contributed by atoms with Crippen molar-refractivity contribution in [3.63, 3.8) is 0 Å². The third kappa shape index (κ3) is 4.01. The van der Waals surface area contributed by atoms with Crippen molar-refractivity contribution in [2.75, 3.05) is 0 Å². The lowest BCUT2D eigenvalue weighted by molar-refractivity contribution is -0.142. The molecule has 2 rings (SSSR count). The highest BCUT2D eigenvalue weighted by molar-refractivity contribution is 5.76. The molecule has 1 fully saturated rings. The molecule has 1 aliphatic carbocycles. The molecule has 0 radical (unpaired) electrons. The van der Waals surface area contributed by atoms with Gasteiger partial charge < -0.3 is 20.2 Å². The van der Waals surface area contributed by atoms with E-state index in [1.807, 2.05) is 0 Å². The van der Waals surface area contributed by atoms with Crippen LogP contribution in [0.15, 0.2) is 22.8 Å². The zero-order chi connectivity index (χ0) is 14.4. The maximum absolute atomic E-state index is 11.8. The van der Waals surface area contributed by atoms with Crippen LogP contribution in [0.5, 0.6) is 0 Å². The second-order valence-corrected chi connectivity index (χ2v) is 5.10. The fraction of sp³-hybridized carbons (Fsp3) is 0.571. The van der Waals surface area contributed by atoms with E-state index >= 15 is 0 Å². The Bertz CT molecular complexity index is 444. The topological polar surface area (TPSA) is 91.6 Å². The van der Waals surface area contributed by atoms with E-state index in [1.165, 1.54) is 0 Å². The molecular weight excluding hydrogens is 260 g/mol. The molecule has 110 valence electrons. The number of carbonyl (C=O) groups is 2. The van der Waals surface area contributed by atoms with Crippen LogP contribution in [0.25, 0.3) is 0 Å². The van der Waals surface area contributed by atoms with Crippen molar-refractivity contribution in [3.8, 4) is 0 Å². The number of urea groups is 1. The van der Waals surface area contributed by atoms with E-state index in [1.54, 1.807) is 18.4 Å². The molecule has 1 aliphatic rings. The van der Waals surface area contributed by atoms with Gasteiger partial charge in [0.05, 0.1) is 18.7 Å². The zero-order valence-electron chi connectivity index (χ0n) is 11.3. The first-order valence-electron chi connectivity index (χ1n) is 6.96. The second-order valence-electron chi connectivity index (χ2n) is 5.10. The van der Waals surface area contributed by atoms with Crippen molar-refractivity contribution < 1.29 is 19.1 Å². The van der Waals surface area contributed by atoms with E-state index < -0.39 is 11.9 Å². The Morgan fingerprint density at radius 1 is 1.30 bits per heavy atom. The van der Waals surface area contributed by atoms with Gasteiger partial charge in [0.2, 0.25) is 0 Å². The summed E-state index contributed by atoms with van der Waals surface area (Å²) in [6, 6.07) is 2.87. The smallest absolute Gasteiger partial charge is 0.315 e. The van der Waals surface area contributed by atoms with Crippen LogP contribution in [0.2, 0.25) is 0 Å². The lowest BCUT2D eigenvalue weighted by Crippen LogP contribution is -2.47. The summed E-state index contributed by atoms with van der Waals surface area (Å²) >= 11 is 0. The highest BCUT2D eigenvalue weighted by Gasteiger charge is 2.30. The Morgan fingerprint density at radius 3 is 2.80 bits per heavy atom. The van der Waals surface area contributed by atoms with Crippen molar-refractivity contribution in [1.82, 2.24) is 10.6 Å². The minimum atomic E-state index is -0.830. The summed E-state index contributed by atoms with van der Waals surface area (Å²) in [6.07, 6.45) is 5.76. The predicted molar refractivity (Wildman–Crippen MR) is 72.1 cm³/mol. The monoisotopic (exact) mass is 280 g/mol. The Hall–Kier alpha value is -1.98. The molecule has 0 aliphatic heterocycles. The summed E-state index contributed by atoms with van der Waals surface area (Å²) in [7, 11) is 0. The van der Waals surface area contributed by atoms with Gasteiger partial charge in [-0.2, -0.15) is 0 Å². The third-order valence-electron chi connectivity index (χ3n) is 3.65. The van der Waals surface area contributed by atoms with Gasteiger partial charge in [-0.3, -0.25) is 4.79 Å². The van der Waals surface area contributed by atoms with Crippen LogP contribution in [0.3, 0.4) is 0 Å². The van der Waals surface area contributed by atoms with Crippen LogP contribution < -0.4 is 10.6 Å². The van der Waals surface area contributed by atoms with Crippen molar-refractivity contribution in [1.29, 1.82) is 0 Å². The molecule has 2 atom stereocenters. The van der Waals surface area contributed by atoms with Crippen molar-refractivity contribution >= 4 is 12.0 Å². The number of hydrogen-bond acceptors (Lipinski definition) is 3. The Morgan fingerprint density at radius 2 is 2.10 bits per heavy atom. The van der Waals surface area contributed by atoms with Crippen LogP contribution in [0, 0.1) is 5.92 Å². The van der Waals surface area contributed by atoms with Crippen molar-refractivity contribution in [2.24, 2.45) is 5.92 Å². The third-order valence-corrected chi connectivity index (χ3v) is 3.65. The first kappa shape index (κ1) is 14.4. The summed E-state index contributed by atoms with van der Waals surface area (Å²) in [6.45, 7) is 0.295. The highest BCUT2D eigenvalue weighted by Crippen LogP contribution is 2.23. The average molecular weight is 280 g/mol. The highest BCUT2D eigenvalue weighted by atomic mass is 16.4. The summed E-state index contributed by atoms with van der Waals surface area (Å²) in [5.74, 6) is -0.661. The molecule has 1 aromatic rings. The number of carboxylic acids is 1. The SMILES string of the molecule is O=C(NCc1ccco1)NC1CCCCCC1C(=O)O. The number of hydrogen-bond donors (Lipinski definition) is 3. The van der Waals surface area contributed by atoms with E-state index in [9.17, 15) is 14.7 Å². The quantitative estimate of drug-likeness (QED) is 0.737. The van der Waals surface area contributed by atoms with E-state index in [2.05, 4.69) is 10.6 Å². The molecule has 1 saturated carbocycles. The maximum Gasteiger partial charge on any atom is 0.315 e. The summed E-state index contributed by atoms with van der Waals surface area (Å²) < 4.78 is 5.12. The summed E-state index contributed by atoms with van der Waals surface area (Å²) in [5, 5.41) is 14.7. The molecular formula is C14H20N2O4. The number of carbonyl (C=O) groups excluding carboxylic acids is 1. The second kappa shape index (κ2) is 6.98. The van der Waals surface area contributed by atoms with Crippen LogP contribution in [-0.2, 0) is 11.3 Å². The van der Waals surface area contributed by atoms with Crippen LogP contribution in [-0.4, -0.2) is 23.1 Å². The molecule has 1 aromatic heterocycles.